The summed E-state index contributed by atoms with van der Waals surface area (Å²) in [7, 11) is 3.90. The molecule has 2 aromatic heterocycles. The van der Waals surface area contributed by atoms with Crippen molar-refractivity contribution in [3.8, 4) is 22.3 Å². The van der Waals surface area contributed by atoms with Crippen LogP contribution in [-0.2, 0) is 11.3 Å². The van der Waals surface area contributed by atoms with E-state index in [0.29, 0.717) is 25.3 Å². The van der Waals surface area contributed by atoms with Gasteiger partial charge in [-0.3, -0.25) is 4.79 Å². The van der Waals surface area contributed by atoms with Crippen molar-refractivity contribution in [2.24, 2.45) is 0 Å². The largest absolute Gasteiger partial charge is 0.383 e. The fraction of sp³-hybridized carbons (Fsp3) is 0.259. The number of anilines is 2. The van der Waals surface area contributed by atoms with E-state index >= 15 is 8.78 Å². The third kappa shape index (κ3) is 4.77. The Bertz CT molecular complexity index is 1550. The van der Waals surface area contributed by atoms with Gasteiger partial charge in [0.15, 0.2) is 0 Å². The molecule has 4 aromatic rings. The van der Waals surface area contributed by atoms with Crippen molar-refractivity contribution >= 4 is 22.3 Å². The number of nitrogens with two attached hydrogens (primary N) is 1. The molecule has 0 spiro atoms. The van der Waals surface area contributed by atoms with Gasteiger partial charge < -0.3 is 25.3 Å². The summed E-state index contributed by atoms with van der Waals surface area (Å²) in [5.41, 5.74) is 8.08. The molecule has 1 saturated heterocycles. The van der Waals surface area contributed by atoms with Crippen LogP contribution in [0, 0.1) is 17.6 Å². The second-order valence-corrected chi connectivity index (χ2v) is 9.28. The van der Waals surface area contributed by atoms with E-state index in [1.54, 1.807) is 6.07 Å². The average molecular weight is 510 g/mol. The Labute approximate surface area is 211 Å². The predicted molar refractivity (Wildman–Crippen MR) is 138 cm³/mol. The van der Waals surface area contributed by atoms with Gasteiger partial charge >= 0.3 is 0 Å². The van der Waals surface area contributed by atoms with Gasteiger partial charge in [0, 0.05) is 53.6 Å². The molecule has 7 nitrogen and oxygen atoms in total. The van der Waals surface area contributed by atoms with Crippen molar-refractivity contribution in [3.63, 3.8) is 0 Å². The third-order valence-corrected chi connectivity index (χ3v) is 6.46. The molecule has 0 saturated carbocycles. The summed E-state index contributed by atoms with van der Waals surface area (Å²) >= 11 is 0. The Morgan fingerprint density at radius 3 is 2.49 bits per heavy atom. The first-order valence-electron chi connectivity index (χ1n) is 11.8. The molecule has 0 aliphatic carbocycles. The molecule has 1 aliphatic heterocycles. The standard InChI is InChI=1S/C27H26F3N5O2/c1-34(2)14-16-9-15(3-4-24(16)35-5-7-37-8-6-35)17-10-20(26(31)33-25(17)30)18-11-19-21(12-22(18)28)27(36)32-13-23(19)29/h3-4,9-13H,5-8,14H2,1-2H3,(H2,31,33)(H,32,36). The molecule has 3 N–H and O–H groups in total. The maximum Gasteiger partial charge on any atom is 0.256 e. The van der Waals surface area contributed by atoms with Crippen LogP contribution in [0.5, 0.6) is 0 Å². The van der Waals surface area contributed by atoms with Crippen molar-refractivity contribution in [2.45, 2.75) is 6.54 Å². The molecule has 192 valence electrons. The van der Waals surface area contributed by atoms with Gasteiger partial charge in [0.1, 0.15) is 17.5 Å². The number of pyridine rings is 2. The lowest BCUT2D eigenvalue weighted by Crippen LogP contribution is -2.37. The molecule has 3 heterocycles. The lowest BCUT2D eigenvalue weighted by atomic mass is 9.96. The summed E-state index contributed by atoms with van der Waals surface area (Å²) in [5, 5.41) is -0.212. The number of benzene rings is 2. The molecule has 0 atom stereocenters. The number of nitrogens with zero attached hydrogens (tertiary/aromatic N) is 3. The Morgan fingerprint density at radius 1 is 1.00 bits per heavy atom. The summed E-state index contributed by atoms with van der Waals surface area (Å²) in [6, 6.07) is 9.18. The molecule has 0 radical (unpaired) electrons. The zero-order chi connectivity index (χ0) is 26.3. The van der Waals surface area contributed by atoms with Crippen molar-refractivity contribution in [1.29, 1.82) is 0 Å². The first-order valence-corrected chi connectivity index (χ1v) is 11.8. The van der Waals surface area contributed by atoms with Gasteiger partial charge in [-0.15, -0.1) is 0 Å². The molecular formula is C27H26F3N5O2. The minimum atomic E-state index is -0.806. The number of aromatic nitrogens is 2. The number of halogens is 3. The zero-order valence-electron chi connectivity index (χ0n) is 20.4. The van der Waals surface area contributed by atoms with E-state index in [-0.39, 0.29) is 33.3 Å². The number of morpholine rings is 1. The number of H-pyrrole nitrogens is 1. The molecule has 37 heavy (non-hydrogen) atoms. The number of ether oxygens (including phenoxy) is 1. The first kappa shape index (κ1) is 24.8. The van der Waals surface area contributed by atoms with E-state index in [9.17, 15) is 9.18 Å². The Hall–Kier alpha value is -3.89. The molecule has 0 amide bonds. The maximum absolute atomic E-state index is 15.1. The second kappa shape index (κ2) is 9.87. The molecule has 10 heteroatoms. The minimum absolute atomic E-state index is 0.0754. The van der Waals surface area contributed by atoms with Crippen molar-refractivity contribution in [1.82, 2.24) is 14.9 Å². The summed E-state index contributed by atoms with van der Waals surface area (Å²) in [4.78, 5) is 22.4. The van der Waals surface area contributed by atoms with Gasteiger partial charge in [-0.25, -0.2) is 13.8 Å². The minimum Gasteiger partial charge on any atom is -0.383 e. The Balaban J connectivity index is 1.64. The highest BCUT2D eigenvalue weighted by Crippen LogP contribution is 2.36. The highest BCUT2D eigenvalue weighted by Gasteiger charge is 2.20. The van der Waals surface area contributed by atoms with E-state index in [2.05, 4.69) is 14.9 Å². The number of aromatic amines is 1. The van der Waals surface area contributed by atoms with Gasteiger partial charge in [0.05, 0.1) is 18.6 Å². The maximum atomic E-state index is 15.1. The van der Waals surface area contributed by atoms with Crippen LogP contribution in [-0.4, -0.2) is 55.3 Å². The molecular weight excluding hydrogens is 483 g/mol. The van der Waals surface area contributed by atoms with E-state index in [4.69, 9.17) is 10.5 Å². The molecule has 2 aromatic carbocycles. The Morgan fingerprint density at radius 2 is 1.76 bits per heavy atom. The fourth-order valence-electron chi connectivity index (χ4n) is 4.70. The zero-order valence-corrected chi connectivity index (χ0v) is 20.4. The third-order valence-electron chi connectivity index (χ3n) is 6.46. The van der Waals surface area contributed by atoms with Crippen LogP contribution in [0.25, 0.3) is 33.0 Å². The number of rotatable bonds is 5. The predicted octanol–water partition coefficient (Wildman–Crippen LogP) is 4.15. The Kier molecular flexibility index (Phi) is 6.61. The molecule has 0 unspecified atom stereocenters. The topological polar surface area (TPSA) is 87.5 Å². The van der Waals surface area contributed by atoms with Crippen LogP contribution < -0.4 is 16.2 Å². The highest BCUT2D eigenvalue weighted by atomic mass is 19.1. The molecule has 0 bridgehead atoms. The van der Waals surface area contributed by atoms with E-state index in [1.807, 2.05) is 31.1 Å². The number of fused-ring (bicyclic) bond motifs is 1. The van der Waals surface area contributed by atoms with E-state index in [1.165, 1.54) is 12.1 Å². The summed E-state index contributed by atoms with van der Waals surface area (Å²) in [5.74, 6) is -2.58. The summed E-state index contributed by atoms with van der Waals surface area (Å²) in [6.07, 6.45) is 0.909. The summed E-state index contributed by atoms with van der Waals surface area (Å²) in [6.45, 7) is 3.38. The fourth-order valence-corrected chi connectivity index (χ4v) is 4.70. The van der Waals surface area contributed by atoms with Crippen LogP contribution in [0.3, 0.4) is 0 Å². The molecule has 5 rings (SSSR count). The van der Waals surface area contributed by atoms with Gasteiger partial charge in [0.25, 0.3) is 5.56 Å². The van der Waals surface area contributed by atoms with Crippen LogP contribution in [0.2, 0.25) is 0 Å². The average Bonchev–Trinajstić information content (AvgIpc) is 2.87. The molecule has 1 aliphatic rings. The van der Waals surface area contributed by atoms with Gasteiger partial charge in [0.2, 0.25) is 5.95 Å². The van der Waals surface area contributed by atoms with E-state index in [0.717, 1.165) is 36.6 Å². The monoisotopic (exact) mass is 509 g/mol. The van der Waals surface area contributed by atoms with Gasteiger partial charge in [-0.1, -0.05) is 6.07 Å². The lowest BCUT2D eigenvalue weighted by molar-refractivity contribution is 0.122. The van der Waals surface area contributed by atoms with Crippen LogP contribution in [0.15, 0.2) is 47.4 Å². The van der Waals surface area contributed by atoms with Crippen molar-refractivity contribution < 1.29 is 17.9 Å². The number of hydrogen-bond acceptors (Lipinski definition) is 6. The number of nitrogens with one attached hydrogen (secondary N) is 1. The van der Waals surface area contributed by atoms with Crippen LogP contribution >= 0.6 is 0 Å². The molecule has 1 fully saturated rings. The van der Waals surface area contributed by atoms with Gasteiger partial charge in [-0.05, 0) is 55.6 Å². The normalized spacial score (nSPS) is 14.1. The van der Waals surface area contributed by atoms with E-state index < -0.39 is 23.1 Å². The smallest absolute Gasteiger partial charge is 0.256 e. The van der Waals surface area contributed by atoms with Gasteiger partial charge in [-0.2, -0.15) is 4.39 Å². The highest BCUT2D eigenvalue weighted by molar-refractivity contribution is 5.90. The van der Waals surface area contributed by atoms with Crippen LogP contribution in [0.4, 0.5) is 24.7 Å². The lowest BCUT2D eigenvalue weighted by Gasteiger charge is -2.31. The van der Waals surface area contributed by atoms with Crippen LogP contribution in [0.1, 0.15) is 5.56 Å². The van der Waals surface area contributed by atoms with Crippen molar-refractivity contribution in [3.05, 3.63) is 76.1 Å². The summed E-state index contributed by atoms with van der Waals surface area (Å²) < 4.78 is 50.1. The number of nitrogen functional groups attached to an aromatic ring is 1. The SMILES string of the molecule is CN(C)Cc1cc(-c2cc(-c3cc4c(F)c[nH]c(=O)c4cc3F)c(N)nc2F)ccc1N1CCOCC1. The quantitative estimate of drug-likeness (QED) is 0.393. The van der Waals surface area contributed by atoms with Crippen molar-refractivity contribution in [2.75, 3.05) is 51.0 Å². The second-order valence-electron chi connectivity index (χ2n) is 9.28. The first-order chi connectivity index (χ1) is 17.7. The number of hydrogen-bond donors (Lipinski definition) is 2.